The van der Waals surface area contributed by atoms with Gasteiger partial charge < -0.3 is 10.6 Å². The van der Waals surface area contributed by atoms with Crippen molar-refractivity contribution in [2.24, 2.45) is 10.9 Å². The molecule has 1 fully saturated rings. The van der Waals surface area contributed by atoms with Gasteiger partial charge in [0.2, 0.25) is 0 Å². The van der Waals surface area contributed by atoms with Crippen LogP contribution in [0, 0.1) is 5.92 Å². The summed E-state index contributed by atoms with van der Waals surface area (Å²) in [7, 11) is -0.704. The Morgan fingerprint density at radius 1 is 1.42 bits per heavy atom. The Morgan fingerprint density at radius 2 is 2.23 bits per heavy atom. The van der Waals surface area contributed by atoms with Gasteiger partial charge in [-0.3, -0.25) is 9.89 Å². The number of likely N-dealkylation sites (tertiary alicyclic amines) is 1. The zero-order valence-electron chi connectivity index (χ0n) is 16.1. The van der Waals surface area contributed by atoms with Crippen LogP contribution in [0.1, 0.15) is 37.1 Å². The molecule has 1 saturated heterocycles. The van der Waals surface area contributed by atoms with E-state index in [0.29, 0.717) is 24.9 Å². The topological polar surface area (TPSA) is 73.8 Å². The van der Waals surface area contributed by atoms with Crippen LogP contribution >= 0.6 is 11.3 Å². The third-order valence-electron chi connectivity index (χ3n) is 4.65. The van der Waals surface area contributed by atoms with Crippen LogP contribution in [0.5, 0.6) is 0 Å². The Bertz CT molecular complexity index is 659. The largest absolute Gasteiger partial charge is 0.357 e. The Labute approximate surface area is 162 Å². The molecule has 2 atom stereocenters. The first-order chi connectivity index (χ1) is 12.4. The van der Waals surface area contributed by atoms with E-state index in [1.54, 1.807) is 0 Å². The van der Waals surface area contributed by atoms with Crippen molar-refractivity contribution < 1.29 is 8.42 Å². The van der Waals surface area contributed by atoms with Crippen molar-refractivity contribution in [3.63, 3.8) is 0 Å². The number of sulfone groups is 1. The van der Waals surface area contributed by atoms with E-state index in [2.05, 4.69) is 40.1 Å². The summed E-state index contributed by atoms with van der Waals surface area (Å²) in [5, 5.41) is 8.66. The number of nitrogens with one attached hydrogen (secondary N) is 2. The van der Waals surface area contributed by atoms with Gasteiger partial charge in [0.15, 0.2) is 5.96 Å². The van der Waals surface area contributed by atoms with E-state index < -0.39 is 9.84 Å². The van der Waals surface area contributed by atoms with Crippen LogP contribution in [0.4, 0.5) is 0 Å². The fourth-order valence-electron chi connectivity index (χ4n) is 3.45. The molecular formula is C18H32N4O2S2. The molecular weight excluding hydrogens is 368 g/mol. The third-order valence-corrected chi connectivity index (χ3v) is 6.63. The highest BCUT2D eigenvalue weighted by Crippen LogP contribution is 2.37. The van der Waals surface area contributed by atoms with E-state index in [4.69, 9.17) is 4.99 Å². The molecule has 0 radical (unpaired) electrons. The zero-order valence-corrected chi connectivity index (χ0v) is 17.7. The summed E-state index contributed by atoms with van der Waals surface area (Å²) in [6, 6.07) is 4.78. The van der Waals surface area contributed by atoms with Gasteiger partial charge in [0.1, 0.15) is 9.84 Å². The third kappa shape index (κ3) is 6.89. The fraction of sp³-hybridized carbons (Fsp3) is 0.722. The zero-order chi connectivity index (χ0) is 19.0. The van der Waals surface area contributed by atoms with Crippen LogP contribution < -0.4 is 10.6 Å². The number of hydrogen-bond acceptors (Lipinski definition) is 5. The molecule has 0 saturated carbocycles. The Balaban J connectivity index is 1.95. The Morgan fingerprint density at radius 3 is 2.88 bits per heavy atom. The molecule has 2 N–H and O–H groups in total. The first-order valence-corrected chi connectivity index (χ1v) is 12.3. The van der Waals surface area contributed by atoms with E-state index in [1.165, 1.54) is 24.0 Å². The number of guanidine groups is 1. The predicted octanol–water partition coefficient (Wildman–Crippen LogP) is 2.12. The van der Waals surface area contributed by atoms with E-state index in [1.807, 2.05) is 18.3 Å². The molecule has 26 heavy (non-hydrogen) atoms. The van der Waals surface area contributed by atoms with Gasteiger partial charge >= 0.3 is 0 Å². The lowest BCUT2D eigenvalue weighted by Gasteiger charge is -2.38. The lowest BCUT2D eigenvalue weighted by Crippen LogP contribution is -2.40. The van der Waals surface area contributed by atoms with Crippen molar-refractivity contribution in [2.45, 2.75) is 32.2 Å². The van der Waals surface area contributed by atoms with E-state index in [9.17, 15) is 8.42 Å². The molecule has 1 aliphatic rings. The maximum absolute atomic E-state index is 11.2. The normalized spacial score (nSPS) is 22.3. The maximum atomic E-state index is 11.2. The summed E-state index contributed by atoms with van der Waals surface area (Å²) in [6.45, 7) is 5.34. The molecule has 2 heterocycles. The maximum Gasteiger partial charge on any atom is 0.191 e. The highest BCUT2D eigenvalue weighted by atomic mass is 32.2. The van der Waals surface area contributed by atoms with Gasteiger partial charge in [0.25, 0.3) is 0 Å². The lowest BCUT2D eigenvalue weighted by atomic mass is 9.88. The van der Waals surface area contributed by atoms with Crippen molar-refractivity contribution >= 4 is 27.1 Å². The predicted molar refractivity (Wildman–Crippen MR) is 111 cm³/mol. The highest BCUT2D eigenvalue weighted by Gasteiger charge is 2.31. The smallest absolute Gasteiger partial charge is 0.191 e. The average molecular weight is 401 g/mol. The van der Waals surface area contributed by atoms with Crippen molar-refractivity contribution in [3.8, 4) is 0 Å². The van der Waals surface area contributed by atoms with Crippen molar-refractivity contribution in [1.29, 1.82) is 0 Å². The summed E-state index contributed by atoms with van der Waals surface area (Å²) in [5.74, 6) is 1.48. The number of piperidine rings is 1. The molecule has 0 spiro atoms. The van der Waals surface area contributed by atoms with Gasteiger partial charge in [-0.05, 0) is 57.1 Å². The van der Waals surface area contributed by atoms with Gasteiger partial charge in [0.05, 0.1) is 5.75 Å². The standard InChI is InChI=1S/C18H32N4O2S2/c1-4-19-18(20-10-7-13-26(3,23)24)21-14-15-8-5-11-22(2)17(15)16-9-6-12-25-16/h6,9,12,15,17H,4-5,7-8,10-11,13-14H2,1-3H3,(H2,19,20,21). The molecule has 6 nitrogen and oxygen atoms in total. The molecule has 1 aromatic heterocycles. The second-order valence-corrected chi connectivity index (χ2v) is 10.2. The number of aliphatic imine (C=N–C) groups is 1. The SMILES string of the molecule is CCNC(=NCC1CCCN(C)C1c1cccs1)NCCCS(C)(=O)=O. The molecule has 0 amide bonds. The van der Waals surface area contributed by atoms with Gasteiger partial charge in [-0.1, -0.05) is 6.07 Å². The van der Waals surface area contributed by atoms with Crippen LogP contribution in [0.2, 0.25) is 0 Å². The fourth-order valence-corrected chi connectivity index (χ4v) is 5.10. The molecule has 2 rings (SSSR count). The molecule has 0 bridgehead atoms. The summed E-state index contributed by atoms with van der Waals surface area (Å²) in [5.41, 5.74) is 0. The van der Waals surface area contributed by atoms with Crippen LogP contribution in [0.15, 0.2) is 22.5 Å². The molecule has 148 valence electrons. The molecule has 1 aliphatic heterocycles. The second-order valence-electron chi connectivity index (χ2n) is 6.97. The minimum atomic E-state index is -2.91. The number of thiophene rings is 1. The van der Waals surface area contributed by atoms with Gasteiger partial charge in [0, 0.05) is 36.8 Å². The highest BCUT2D eigenvalue weighted by molar-refractivity contribution is 7.90. The summed E-state index contributed by atoms with van der Waals surface area (Å²) >= 11 is 1.82. The van der Waals surface area contributed by atoms with E-state index in [0.717, 1.165) is 25.6 Å². The first kappa shape index (κ1) is 21.2. The summed E-state index contributed by atoms with van der Waals surface area (Å²) < 4.78 is 22.5. The van der Waals surface area contributed by atoms with Crippen LogP contribution in [0.25, 0.3) is 0 Å². The van der Waals surface area contributed by atoms with Crippen molar-refractivity contribution in [2.75, 3.05) is 45.2 Å². The first-order valence-electron chi connectivity index (χ1n) is 9.34. The monoisotopic (exact) mass is 400 g/mol. The molecule has 8 heteroatoms. The minimum absolute atomic E-state index is 0.202. The molecule has 0 aromatic carbocycles. The van der Waals surface area contributed by atoms with E-state index in [-0.39, 0.29) is 5.75 Å². The van der Waals surface area contributed by atoms with Crippen LogP contribution in [0.3, 0.4) is 0 Å². The summed E-state index contributed by atoms with van der Waals surface area (Å²) in [6.07, 6.45) is 4.25. The second kappa shape index (κ2) is 10.3. The van der Waals surface area contributed by atoms with Crippen molar-refractivity contribution in [3.05, 3.63) is 22.4 Å². The van der Waals surface area contributed by atoms with Crippen LogP contribution in [-0.2, 0) is 9.84 Å². The number of nitrogens with zero attached hydrogens (tertiary/aromatic N) is 2. The molecule has 0 aliphatic carbocycles. The molecule has 1 aromatic rings. The minimum Gasteiger partial charge on any atom is -0.357 e. The van der Waals surface area contributed by atoms with Crippen LogP contribution in [-0.4, -0.2) is 64.5 Å². The van der Waals surface area contributed by atoms with Gasteiger partial charge in [-0.15, -0.1) is 11.3 Å². The number of hydrogen-bond donors (Lipinski definition) is 2. The van der Waals surface area contributed by atoms with Gasteiger partial charge in [-0.25, -0.2) is 8.42 Å². The van der Waals surface area contributed by atoms with Gasteiger partial charge in [-0.2, -0.15) is 0 Å². The molecule has 2 unspecified atom stereocenters. The summed E-state index contributed by atoms with van der Waals surface area (Å²) in [4.78, 5) is 8.65. The Hall–Kier alpha value is -1.12. The van der Waals surface area contributed by atoms with E-state index >= 15 is 0 Å². The quantitative estimate of drug-likeness (QED) is 0.397. The Kier molecular flexibility index (Phi) is 8.37. The van der Waals surface area contributed by atoms with Crippen molar-refractivity contribution in [1.82, 2.24) is 15.5 Å². The number of rotatable bonds is 8. The lowest BCUT2D eigenvalue weighted by molar-refractivity contribution is 0.128. The average Bonchev–Trinajstić information content (AvgIpc) is 3.09.